The van der Waals surface area contributed by atoms with Gasteiger partial charge >= 0.3 is 0 Å². The molecule has 0 spiro atoms. The number of rotatable bonds is 5. The van der Waals surface area contributed by atoms with Crippen LogP contribution in [0.25, 0.3) is 11.3 Å². The van der Waals surface area contributed by atoms with Gasteiger partial charge in [0.2, 0.25) is 5.91 Å². The quantitative estimate of drug-likeness (QED) is 0.363. The molecule has 140 valence electrons. The minimum absolute atomic E-state index is 0.210. The molecule has 4 rings (SSSR count). The van der Waals surface area contributed by atoms with Crippen molar-refractivity contribution < 1.29 is 9.59 Å². The number of nitrogens with zero attached hydrogens (tertiary/aromatic N) is 2. The number of carbonyl (C=O) groups excluding carboxylic acids is 2. The molecular formula is C21H19N5O2. The van der Waals surface area contributed by atoms with Crippen molar-refractivity contribution in [2.45, 2.75) is 5.92 Å². The SMILES string of the molecule is O=C1NCC(c2ccccc2)C1C(=O)NN=Cc1cn[nH]c1-c1ccccc1. The molecule has 1 saturated heterocycles. The maximum atomic E-state index is 12.6. The lowest BCUT2D eigenvalue weighted by molar-refractivity contribution is -0.133. The van der Waals surface area contributed by atoms with Crippen LogP contribution in [0.3, 0.4) is 0 Å². The molecule has 7 nitrogen and oxygen atoms in total. The van der Waals surface area contributed by atoms with Gasteiger partial charge in [-0.05, 0) is 5.56 Å². The summed E-state index contributed by atoms with van der Waals surface area (Å²) in [6, 6.07) is 19.3. The normalized spacial score (nSPS) is 18.9. The van der Waals surface area contributed by atoms with Gasteiger partial charge in [0.15, 0.2) is 0 Å². The summed E-state index contributed by atoms with van der Waals surface area (Å²) in [4.78, 5) is 24.8. The summed E-state index contributed by atoms with van der Waals surface area (Å²) in [7, 11) is 0. The zero-order valence-corrected chi connectivity index (χ0v) is 15.0. The highest BCUT2D eigenvalue weighted by Crippen LogP contribution is 2.29. The van der Waals surface area contributed by atoms with E-state index in [1.165, 1.54) is 6.21 Å². The van der Waals surface area contributed by atoms with Crippen LogP contribution in [-0.4, -0.2) is 34.8 Å². The molecule has 3 N–H and O–H groups in total. The number of hydrazone groups is 1. The van der Waals surface area contributed by atoms with Crippen LogP contribution in [0, 0.1) is 5.92 Å². The van der Waals surface area contributed by atoms with Crippen molar-refractivity contribution in [3.63, 3.8) is 0 Å². The van der Waals surface area contributed by atoms with E-state index in [1.54, 1.807) is 6.20 Å². The van der Waals surface area contributed by atoms with E-state index in [9.17, 15) is 9.59 Å². The van der Waals surface area contributed by atoms with Crippen LogP contribution in [0.1, 0.15) is 17.0 Å². The Morgan fingerprint density at radius 1 is 1.11 bits per heavy atom. The zero-order chi connectivity index (χ0) is 19.3. The van der Waals surface area contributed by atoms with Crippen LogP contribution in [0.2, 0.25) is 0 Å². The van der Waals surface area contributed by atoms with Gasteiger partial charge in [-0.2, -0.15) is 10.2 Å². The number of H-pyrrole nitrogens is 1. The Kier molecular flexibility index (Phi) is 4.97. The van der Waals surface area contributed by atoms with E-state index < -0.39 is 11.8 Å². The molecule has 1 aromatic heterocycles. The number of aromatic nitrogens is 2. The van der Waals surface area contributed by atoms with Gasteiger partial charge in [-0.3, -0.25) is 14.7 Å². The molecule has 28 heavy (non-hydrogen) atoms. The minimum Gasteiger partial charge on any atom is -0.355 e. The van der Waals surface area contributed by atoms with Gasteiger partial charge in [0.05, 0.1) is 18.1 Å². The number of amides is 2. The van der Waals surface area contributed by atoms with Gasteiger partial charge in [0.1, 0.15) is 5.92 Å². The fourth-order valence-electron chi connectivity index (χ4n) is 3.40. The molecule has 7 heteroatoms. The Labute approximate surface area is 161 Å². The molecule has 2 atom stereocenters. The summed E-state index contributed by atoms with van der Waals surface area (Å²) in [5.41, 5.74) is 5.96. The van der Waals surface area contributed by atoms with Gasteiger partial charge in [-0.1, -0.05) is 60.7 Å². The molecular weight excluding hydrogens is 354 g/mol. The van der Waals surface area contributed by atoms with Crippen LogP contribution in [-0.2, 0) is 9.59 Å². The van der Waals surface area contributed by atoms with E-state index in [-0.39, 0.29) is 11.8 Å². The molecule has 0 bridgehead atoms. The third-order valence-electron chi connectivity index (χ3n) is 4.80. The first-order valence-corrected chi connectivity index (χ1v) is 8.98. The lowest BCUT2D eigenvalue weighted by atomic mass is 9.88. The van der Waals surface area contributed by atoms with Crippen LogP contribution in [0.5, 0.6) is 0 Å². The van der Waals surface area contributed by atoms with Gasteiger partial charge in [-0.15, -0.1) is 0 Å². The van der Waals surface area contributed by atoms with Crippen LogP contribution in [0.4, 0.5) is 0 Å². The van der Waals surface area contributed by atoms with E-state index in [2.05, 4.69) is 26.0 Å². The van der Waals surface area contributed by atoms with E-state index >= 15 is 0 Å². The molecule has 2 unspecified atom stereocenters. The molecule has 2 heterocycles. The van der Waals surface area contributed by atoms with E-state index in [0.29, 0.717) is 6.54 Å². The Morgan fingerprint density at radius 3 is 2.57 bits per heavy atom. The van der Waals surface area contributed by atoms with Crippen LogP contribution < -0.4 is 10.7 Å². The standard InChI is InChI=1S/C21H19N5O2/c27-20-18(17(13-22-20)14-7-3-1-4-8-14)21(28)26-24-12-16-11-23-25-19(16)15-9-5-2-6-10-15/h1-12,17-18H,13H2,(H,22,27)(H,23,25)(H,26,28). The molecule has 2 aromatic carbocycles. The summed E-state index contributed by atoms with van der Waals surface area (Å²) in [6.45, 7) is 0.435. The lowest BCUT2D eigenvalue weighted by Crippen LogP contribution is -2.34. The maximum absolute atomic E-state index is 12.6. The first-order chi connectivity index (χ1) is 13.7. The third-order valence-corrected chi connectivity index (χ3v) is 4.80. The highest BCUT2D eigenvalue weighted by molar-refractivity contribution is 6.03. The number of nitrogens with one attached hydrogen (secondary N) is 3. The van der Waals surface area contributed by atoms with Crippen molar-refractivity contribution in [3.05, 3.63) is 78.0 Å². The summed E-state index contributed by atoms with van der Waals surface area (Å²) >= 11 is 0. The molecule has 2 amide bonds. The van der Waals surface area contributed by atoms with Crippen molar-refractivity contribution in [1.82, 2.24) is 20.9 Å². The topological polar surface area (TPSA) is 99.2 Å². The number of hydrogen-bond acceptors (Lipinski definition) is 4. The number of aromatic amines is 1. The summed E-state index contributed by atoms with van der Waals surface area (Å²) in [6.07, 6.45) is 3.15. The van der Waals surface area contributed by atoms with Crippen molar-refractivity contribution in [1.29, 1.82) is 0 Å². The van der Waals surface area contributed by atoms with E-state index in [1.807, 2.05) is 60.7 Å². The number of carbonyl (C=O) groups is 2. The molecule has 1 aliphatic rings. The molecule has 0 saturated carbocycles. The van der Waals surface area contributed by atoms with Gasteiger partial charge in [0.25, 0.3) is 5.91 Å². The van der Waals surface area contributed by atoms with Crippen molar-refractivity contribution in [2.24, 2.45) is 11.0 Å². The molecule has 1 aliphatic heterocycles. The molecule has 0 aliphatic carbocycles. The Hall–Kier alpha value is -3.74. The van der Waals surface area contributed by atoms with Crippen molar-refractivity contribution in [3.8, 4) is 11.3 Å². The van der Waals surface area contributed by atoms with Crippen molar-refractivity contribution in [2.75, 3.05) is 6.54 Å². The third kappa shape index (κ3) is 3.55. The highest BCUT2D eigenvalue weighted by Gasteiger charge is 2.40. The van der Waals surface area contributed by atoms with Gasteiger partial charge in [0, 0.05) is 23.6 Å². The summed E-state index contributed by atoms with van der Waals surface area (Å²) in [5, 5.41) is 13.8. The predicted molar refractivity (Wildman–Crippen MR) is 105 cm³/mol. The lowest BCUT2D eigenvalue weighted by Gasteiger charge is -2.15. The smallest absolute Gasteiger partial charge is 0.253 e. The fourth-order valence-corrected chi connectivity index (χ4v) is 3.40. The second-order valence-corrected chi connectivity index (χ2v) is 6.54. The highest BCUT2D eigenvalue weighted by atomic mass is 16.2. The average molecular weight is 373 g/mol. The Bertz CT molecular complexity index is 998. The number of hydrogen-bond donors (Lipinski definition) is 3. The second-order valence-electron chi connectivity index (χ2n) is 6.54. The Balaban J connectivity index is 1.47. The van der Waals surface area contributed by atoms with Crippen LogP contribution >= 0.6 is 0 Å². The second kappa shape index (κ2) is 7.87. The minimum atomic E-state index is -0.808. The summed E-state index contributed by atoms with van der Waals surface area (Å²) in [5.74, 6) is -1.73. The number of benzene rings is 2. The van der Waals surface area contributed by atoms with Crippen molar-refractivity contribution >= 4 is 18.0 Å². The van der Waals surface area contributed by atoms with E-state index in [0.717, 1.165) is 22.4 Å². The molecule has 3 aromatic rings. The molecule has 0 radical (unpaired) electrons. The average Bonchev–Trinajstić information content (AvgIpc) is 3.36. The monoisotopic (exact) mass is 373 g/mol. The maximum Gasteiger partial charge on any atom is 0.253 e. The van der Waals surface area contributed by atoms with Gasteiger partial charge < -0.3 is 5.32 Å². The van der Waals surface area contributed by atoms with Gasteiger partial charge in [-0.25, -0.2) is 5.43 Å². The first kappa shape index (κ1) is 17.7. The molecule has 1 fully saturated rings. The van der Waals surface area contributed by atoms with Crippen LogP contribution in [0.15, 0.2) is 72.0 Å². The Morgan fingerprint density at radius 2 is 1.82 bits per heavy atom. The van der Waals surface area contributed by atoms with E-state index in [4.69, 9.17) is 0 Å². The first-order valence-electron chi connectivity index (χ1n) is 8.98. The fraction of sp³-hybridized carbons (Fsp3) is 0.143. The summed E-state index contributed by atoms with van der Waals surface area (Å²) < 4.78 is 0. The zero-order valence-electron chi connectivity index (χ0n) is 15.0. The largest absolute Gasteiger partial charge is 0.355 e. The predicted octanol–water partition coefficient (Wildman–Crippen LogP) is 2.06.